The first-order valence-corrected chi connectivity index (χ1v) is 4.25. The van der Waals surface area contributed by atoms with Crippen molar-refractivity contribution in [2.24, 2.45) is 0 Å². The molecule has 1 aromatic rings. The zero-order valence-corrected chi connectivity index (χ0v) is 7.81. The maximum Gasteiger partial charge on any atom is 0.416 e. The Morgan fingerprint density at radius 1 is 1.36 bits per heavy atom. The van der Waals surface area contributed by atoms with E-state index < -0.39 is 11.7 Å². The van der Waals surface area contributed by atoms with Crippen LogP contribution in [0.1, 0.15) is 24.0 Å². The lowest BCUT2D eigenvalue weighted by Crippen LogP contribution is -2.05. The summed E-state index contributed by atoms with van der Waals surface area (Å²) in [5.74, 6) is -0.0581. The van der Waals surface area contributed by atoms with Gasteiger partial charge in [0.15, 0.2) is 0 Å². The fraction of sp³-hybridized carbons (Fsp3) is 0.273. The van der Waals surface area contributed by atoms with Crippen molar-refractivity contribution in [2.75, 3.05) is 0 Å². The van der Waals surface area contributed by atoms with Gasteiger partial charge in [0, 0.05) is 0 Å². The van der Waals surface area contributed by atoms with Crippen LogP contribution in [0, 0.1) is 0 Å². The summed E-state index contributed by atoms with van der Waals surface area (Å²) >= 11 is 0. The second-order valence-electron chi connectivity index (χ2n) is 3.15. The van der Waals surface area contributed by atoms with E-state index in [4.69, 9.17) is 0 Å². The van der Waals surface area contributed by atoms with Gasteiger partial charge in [-0.3, -0.25) is 0 Å². The largest absolute Gasteiger partial charge is 0.416 e. The minimum absolute atomic E-state index is 0.0581. The fourth-order valence-electron chi connectivity index (χ4n) is 1.13. The third kappa shape index (κ3) is 2.37. The molecule has 0 spiro atoms. The normalized spacial score (nSPS) is 13.7. The van der Waals surface area contributed by atoms with Gasteiger partial charge in [-0.1, -0.05) is 31.2 Å². The van der Waals surface area contributed by atoms with Gasteiger partial charge < -0.3 is 0 Å². The molecule has 0 N–H and O–H groups in total. The van der Waals surface area contributed by atoms with E-state index in [1.165, 1.54) is 6.07 Å². The quantitative estimate of drug-likeness (QED) is 0.633. The molecule has 0 aliphatic heterocycles. The molecule has 0 nitrogen and oxygen atoms in total. The molecule has 0 saturated heterocycles. The Bertz CT molecular complexity index is 326. The van der Waals surface area contributed by atoms with Gasteiger partial charge >= 0.3 is 6.18 Å². The number of benzene rings is 1. The summed E-state index contributed by atoms with van der Waals surface area (Å²) in [5.41, 5.74) is 0.0264. The first-order chi connectivity index (χ1) is 6.45. The van der Waals surface area contributed by atoms with E-state index in [-0.39, 0.29) is 5.92 Å². The molecule has 1 aromatic carbocycles. The number of rotatable bonds is 2. The average Bonchev–Trinajstić information content (AvgIpc) is 2.15. The molecule has 0 aromatic heterocycles. The van der Waals surface area contributed by atoms with Crippen LogP contribution in [-0.2, 0) is 6.18 Å². The summed E-state index contributed by atoms with van der Waals surface area (Å²) in [7, 11) is 0. The molecule has 1 rings (SSSR count). The lowest BCUT2D eigenvalue weighted by atomic mass is 9.99. The molecule has 0 amide bonds. The molecule has 76 valence electrons. The highest BCUT2D eigenvalue weighted by Gasteiger charge is 2.30. The molecule has 0 aliphatic rings. The molecule has 0 heterocycles. The molecular formula is C11H11F3. The fourth-order valence-corrected chi connectivity index (χ4v) is 1.13. The average molecular weight is 200 g/mol. The van der Waals surface area contributed by atoms with Gasteiger partial charge in [0.2, 0.25) is 0 Å². The molecule has 0 saturated carbocycles. The number of hydrogen-bond acceptors (Lipinski definition) is 0. The van der Waals surface area contributed by atoms with Crippen LogP contribution in [0.3, 0.4) is 0 Å². The monoisotopic (exact) mass is 200 g/mol. The Morgan fingerprint density at radius 3 is 2.50 bits per heavy atom. The van der Waals surface area contributed by atoms with Gasteiger partial charge in [-0.05, 0) is 17.5 Å². The third-order valence-corrected chi connectivity index (χ3v) is 2.09. The molecule has 3 heteroatoms. The minimum Gasteiger partial charge on any atom is -0.166 e. The topological polar surface area (TPSA) is 0 Å². The van der Waals surface area contributed by atoms with Crippen LogP contribution in [0.5, 0.6) is 0 Å². The van der Waals surface area contributed by atoms with Crippen LogP contribution < -0.4 is 0 Å². The number of allylic oxidation sites excluding steroid dienone is 1. The SMILES string of the molecule is C=CC(C)c1cccc(C(F)(F)F)c1. The van der Waals surface area contributed by atoms with Crippen molar-refractivity contribution >= 4 is 0 Å². The number of alkyl halides is 3. The summed E-state index contributed by atoms with van der Waals surface area (Å²) in [6.07, 6.45) is -2.65. The first-order valence-electron chi connectivity index (χ1n) is 4.25. The van der Waals surface area contributed by atoms with Crippen LogP contribution in [0.4, 0.5) is 13.2 Å². The Hall–Kier alpha value is -1.25. The maximum absolute atomic E-state index is 12.3. The Kier molecular flexibility index (Phi) is 2.99. The van der Waals surface area contributed by atoms with E-state index in [1.54, 1.807) is 12.1 Å². The van der Waals surface area contributed by atoms with E-state index in [0.717, 1.165) is 12.1 Å². The lowest BCUT2D eigenvalue weighted by molar-refractivity contribution is -0.137. The molecular weight excluding hydrogens is 189 g/mol. The van der Waals surface area contributed by atoms with Crippen molar-refractivity contribution in [3.05, 3.63) is 48.0 Å². The molecule has 0 fully saturated rings. The van der Waals surface area contributed by atoms with Crippen molar-refractivity contribution in [1.29, 1.82) is 0 Å². The van der Waals surface area contributed by atoms with E-state index in [9.17, 15) is 13.2 Å². The van der Waals surface area contributed by atoms with Crippen molar-refractivity contribution in [2.45, 2.75) is 19.0 Å². The van der Waals surface area contributed by atoms with Crippen LogP contribution in [0.15, 0.2) is 36.9 Å². The molecule has 14 heavy (non-hydrogen) atoms. The van der Waals surface area contributed by atoms with E-state index in [2.05, 4.69) is 6.58 Å². The molecule has 0 aliphatic carbocycles. The highest BCUT2D eigenvalue weighted by molar-refractivity contribution is 5.29. The van der Waals surface area contributed by atoms with Crippen LogP contribution in [-0.4, -0.2) is 0 Å². The maximum atomic E-state index is 12.3. The summed E-state index contributed by atoms with van der Waals surface area (Å²) in [6, 6.07) is 5.31. The van der Waals surface area contributed by atoms with E-state index in [0.29, 0.717) is 5.56 Å². The lowest BCUT2D eigenvalue weighted by Gasteiger charge is -2.10. The van der Waals surface area contributed by atoms with Crippen molar-refractivity contribution in [3.63, 3.8) is 0 Å². The number of hydrogen-bond donors (Lipinski definition) is 0. The molecule has 0 radical (unpaired) electrons. The van der Waals surface area contributed by atoms with Crippen molar-refractivity contribution in [1.82, 2.24) is 0 Å². The highest BCUT2D eigenvalue weighted by Crippen LogP contribution is 2.31. The van der Waals surface area contributed by atoms with Gasteiger partial charge in [-0.15, -0.1) is 6.58 Å². The van der Waals surface area contributed by atoms with Gasteiger partial charge in [0.25, 0.3) is 0 Å². The summed E-state index contributed by atoms with van der Waals surface area (Å²) < 4.78 is 36.9. The minimum atomic E-state index is -4.27. The smallest absolute Gasteiger partial charge is 0.166 e. The molecule has 1 unspecified atom stereocenters. The second kappa shape index (κ2) is 3.86. The van der Waals surface area contributed by atoms with Crippen LogP contribution in [0.25, 0.3) is 0 Å². The van der Waals surface area contributed by atoms with Gasteiger partial charge in [0.1, 0.15) is 0 Å². The Labute approximate surface area is 81.1 Å². The van der Waals surface area contributed by atoms with E-state index in [1.807, 2.05) is 6.92 Å². The van der Waals surface area contributed by atoms with Crippen LogP contribution >= 0.6 is 0 Å². The molecule has 0 bridgehead atoms. The third-order valence-electron chi connectivity index (χ3n) is 2.09. The summed E-state index contributed by atoms with van der Waals surface area (Å²) in [5, 5.41) is 0. The van der Waals surface area contributed by atoms with Crippen molar-refractivity contribution in [3.8, 4) is 0 Å². The Balaban J connectivity index is 3.07. The summed E-state index contributed by atoms with van der Waals surface area (Å²) in [4.78, 5) is 0. The van der Waals surface area contributed by atoms with Gasteiger partial charge in [0.05, 0.1) is 5.56 Å². The van der Waals surface area contributed by atoms with Crippen molar-refractivity contribution < 1.29 is 13.2 Å². The summed E-state index contributed by atoms with van der Waals surface area (Å²) in [6.45, 7) is 5.36. The predicted octanol–water partition coefficient (Wildman–Crippen LogP) is 3.99. The standard InChI is InChI=1S/C11H11F3/c1-3-8(2)9-5-4-6-10(7-9)11(12,13)14/h3-8H,1H2,2H3. The number of halogens is 3. The highest BCUT2D eigenvalue weighted by atomic mass is 19.4. The predicted molar refractivity (Wildman–Crippen MR) is 50.1 cm³/mol. The zero-order valence-electron chi connectivity index (χ0n) is 7.81. The van der Waals surface area contributed by atoms with E-state index >= 15 is 0 Å². The first kappa shape index (κ1) is 10.8. The zero-order chi connectivity index (χ0) is 10.8. The Morgan fingerprint density at radius 2 is 2.00 bits per heavy atom. The second-order valence-corrected chi connectivity index (χ2v) is 3.15. The van der Waals surface area contributed by atoms with Crippen LogP contribution in [0.2, 0.25) is 0 Å². The molecule has 1 atom stereocenters. The van der Waals surface area contributed by atoms with Gasteiger partial charge in [-0.25, -0.2) is 0 Å². The van der Waals surface area contributed by atoms with Gasteiger partial charge in [-0.2, -0.15) is 13.2 Å².